The molecule has 0 radical (unpaired) electrons. The normalized spacial score (nSPS) is 15.8. The number of likely N-dealkylation sites (N-methyl/N-ethyl adjacent to an activating group) is 1. The topological polar surface area (TPSA) is 83.5 Å². The maximum absolute atomic E-state index is 13.9. The van der Waals surface area contributed by atoms with Gasteiger partial charge in [-0.15, -0.1) is 0 Å². The number of halogens is 17. The summed E-state index contributed by atoms with van der Waals surface area (Å²) in [6.45, 7) is -1.20. The number of aliphatic carboxylic acids is 1. The van der Waals surface area contributed by atoms with Gasteiger partial charge >= 0.3 is 53.6 Å². The minimum atomic E-state index is -8.76. The van der Waals surface area contributed by atoms with Crippen LogP contribution in [0, 0.1) is 0 Å². The van der Waals surface area contributed by atoms with Gasteiger partial charge in [0.05, 0.1) is 45.9 Å². The molecular weight excluding hydrogens is 651 g/mol. The third kappa shape index (κ3) is 7.39. The number of nitrogens with zero attached hydrogens (tertiary/aromatic N) is 1. The minimum Gasteiger partial charge on any atom is -0.481 e. The van der Waals surface area contributed by atoms with Crippen LogP contribution in [0.15, 0.2) is 0 Å². The van der Waals surface area contributed by atoms with Crippen molar-refractivity contribution in [3.8, 4) is 0 Å². The minimum absolute atomic E-state index is 0.136. The average Bonchev–Trinajstić information content (AvgIpc) is 2.74. The molecule has 0 aliphatic heterocycles. The lowest BCUT2D eigenvalue weighted by atomic mass is 9.88. The van der Waals surface area contributed by atoms with E-state index in [2.05, 4.69) is 0 Å². The molecule has 0 bridgehead atoms. The molecule has 0 aromatic rings. The molecule has 0 unspecified atom stereocenters. The van der Waals surface area contributed by atoms with E-state index in [-0.39, 0.29) is 17.6 Å². The Morgan fingerprint density at radius 2 is 1.02 bits per heavy atom. The van der Waals surface area contributed by atoms with E-state index in [1.165, 1.54) is 18.8 Å². The second kappa shape index (κ2) is 11.3. The fourth-order valence-corrected chi connectivity index (χ4v) is 3.77. The van der Waals surface area contributed by atoms with Gasteiger partial charge in [0.25, 0.3) is 0 Å². The Balaban J connectivity index is 6.02. The molecule has 0 fully saturated rings. The van der Waals surface area contributed by atoms with E-state index in [4.69, 9.17) is 5.11 Å². The van der Waals surface area contributed by atoms with Crippen molar-refractivity contribution in [1.29, 1.82) is 0 Å². The molecular formula is C17H20F17N2O4S+. The van der Waals surface area contributed by atoms with Gasteiger partial charge in [0.1, 0.15) is 0 Å². The summed E-state index contributed by atoms with van der Waals surface area (Å²) in [4.78, 5) is 10.5. The highest BCUT2D eigenvalue weighted by atomic mass is 32.2. The highest BCUT2D eigenvalue weighted by Gasteiger charge is 2.95. The van der Waals surface area contributed by atoms with Crippen LogP contribution in [0.2, 0.25) is 0 Å². The summed E-state index contributed by atoms with van der Waals surface area (Å²) in [7, 11) is -2.55. The second-order valence-electron chi connectivity index (χ2n) is 9.14. The van der Waals surface area contributed by atoms with Crippen LogP contribution in [0.3, 0.4) is 0 Å². The Morgan fingerprint density at radius 1 is 0.659 bits per heavy atom. The van der Waals surface area contributed by atoms with Crippen molar-refractivity contribution >= 4 is 16.0 Å². The maximum Gasteiger partial charge on any atom is 0.460 e. The van der Waals surface area contributed by atoms with E-state index in [1.54, 1.807) is 0 Å². The van der Waals surface area contributed by atoms with Crippen LogP contribution in [0.1, 0.15) is 12.8 Å². The molecule has 6 nitrogen and oxygen atoms in total. The molecule has 0 saturated heterocycles. The van der Waals surface area contributed by atoms with Gasteiger partial charge in [-0.05, 0) is 0 Å². The number of alkyl halides is 17. The van der Waals surface area contributed by atoms with Crippen molar-refractivity contribution in [1.82, 2.24) is 4.72 Å². The zero-order valence-electron chi connectivity index (χ0n) is 20.2. The molecule has 246 valence electrons. The van der Waals surface area contributed by atoms with E-state index in [9.17, 15) is 87.8 Å². The number of nitrogens with one attached hydrogen (secondary N) is 1. The number of carboxylic acids is 1. The van der Waals surface area contributed by atoms with Gasteiger partial charge in [0.2, 0.25) is 10.0 Å². The lowest BCUT2D eigenvalue weighted by Crippen LogP contribution is -2.74. The Morgan fingerprint density at radius 3 is 1.39 bits per heavy atom. The standard InChI is InChI=1S/C17H19F17N2O4S/c1-36(2,6-3-9(37)38)7-5-35-41(39,40)8-4-10(18,19)11(20,21)12(22,23)13(24,25)14(26,27)15(28,29)16(30,31)17(32,33)34/h35H,3-8H2,1-2H3/p+1. The molecule has 0 aromatic carbocycles. The zero-order valence-corrected chi connectivity index (χ0v) is 21.0. The van der Waals surface area contributed by atoms with Gasteiger partial charge in [0.15, 0.2) is 0 Å². The fraction of sp³-hybridized carbons (Fsp3) is 0.941. The first-order valence-electron chi connectivity index (χ1n) is 10.3. The van der Waals surface area contributed by atoms with Gasteiger partial charge in [-0.25, -0.2) is 13.1 Å². The molecule has 0 aliphatic carbocycles. The number of carboxylic acid groups (broad SMARTS) is 1. The zero-order chi connectivity index (χ0) is 33.5. The number of quaternary nitrogens is 1. The van der Waals surface area contributed by atoms with E-state index >= 15 is 0 Å². The van der Waals surface area contributed by atoms with Crippen LogP contribution in [0.5, 0.6) is 0 Å². The number of hydrogen-bond acceptors (Lipinski definition) is 3. The summed E-state index contributed by atoms with van der Waals surface area (Å²) in [5.41, 5.74) is 0. The Labute approximate surface area is 219 Å². The predicted molar refractivity (Wildman–Crippen MR) is 101 cm³/mol. The first kappa shape index (κ1) is 39.1. The van der Waals surface area contributed by atoms with Gasteiger partial charge in [-0.3, -0.25) is 4.79 Å². The molecule has 41 heavy (non-hydrogen) atoms. The fourth-order valence-electron chi connectivity index (χ4n) is 2.70. The van der Waals surface area contributed by atoms with Crippen molar-refractivity contribution in [2.75, 3.05) is 39.5 Å². The second-order valence-corrected chi connectivity index (χ2v) is 11.1. The van der Waals surface area contributed by atoms with E-state index in [0.29, 0.717) is 0 Å². The Kier molecular flexibility index (Phi) is 10.8. The third-order valence-electron chi connectivity index (χ3n) is 5.44. The lowest BCUT2D eigenvalue weighted by molar-refractivity contribution is -0.888. The Hall–Kier alpha value is -1.85. The summed E-state index contributed by atoms with van der Waals surface area (Å²) >= 11 is 0. The monoisotopic (exact) mass is 671 g/mol. The van der Waals surface area contributed by atoms with Crippen LogP contribution in [-0.4, -0.2) is 111 Å². The van der Waals surface area contributed by atoms with Crippen LogP contribution in [0.25, 0.3) is 0 Å². The highest BCUT2D eigenvalue weighted by Crippen LogP contribution is 2.64. The molecule has 0 heterocycles. The molecule has 2 N–H and O–H groups in total. The summed E-state index contributed by atoms with van der Waals surface area (Å²) in [6, 6.07) is 0. The van der Waals surface area contributed by atoms with E-state index < -0.39 is 88.8 Å². The Bertz CT molecular complexity index is 1040. The highest BCUT2D eigenvalue weighted by molar-refractivity contribution is 7.89. The number of carbonyl (C=O) groups is 1. The molecule has 0 spiro atoms. The maximum atomic E-state index is 13.9. The SMILES string of the molecule is C[N+](C)(CCNS(=O)(=O)CCC(F)(F)C(F)(F)C(F)(F)C(F)(F)C(F)(F)C(F)(F)C(F)(F)C(F)(F)F)CCC(=O)O. The molecule has 0 atom stereocenters. The van der Waals surface area contributed by atoms with Crippen molar-refractivity contribution < 1.29 is 97.4 Å². The van der Waals surface area contributed by atoms with Crippen molar-refractivity contribution in [3.05, 3.63) is 0 Å². The first-order valence-corrected chi connectivity index (χ1v) is 12.0. The molecule has 0 amide bonds. The molecule has 24 heteroatoms. The lowest BCUT2D eigenvalue weighted by Gasteiger charge is -2.42. The summed E-state index contributed by atoms with van der Waals surface area (Å²) in [5, 5.41) is 8.59. The van der Waals surface area contributed by atoms with Gasteiger partial charge < -0.3 is 9.59 Å². The van der Waals surface area contributed by atoms with Crippen LogP contribution < -0.4 is 4.72 Å². The number of sulfonamides is 1. The average molecular weight is 671 g/mol. The molecule has 0 aromatic heterocycles. The van der Waals surface area contributed by atoms with Crippen molar-refractivity contribution in [2.45, 2.75) is 60.5 Å². The largest absolute Gasteiger partial charge is 0.481 e. The quantitative estimate of drug-likeness (QED) is 0.182. The van der Waals surface area contributed by atoms with E-state index in [1.807, 2.05) is 0 Å². The summed E-state index contributed by atoms with van der Waals surface area (Å²) in [5.74, 6) is -61.3. The number of rotatable bonds is 16. The van der Waals surface area contributed by atoms with Crippen LogP contribution >= 0.6 is 0 Å². The van der Waals surface area contributed by atoms with Crippen LogP contribution in [0.4, 0.5) is 74.6 Å². The molecule has 0 rings (SSSR count). The van der Waals surface area contributed by atoms with Crippen molar-refractivity contribution in [2.24, 2.45) is 0 Å². The van der Waals surface area contributed by atoms with Crippen molar-refractivity contribution in [3.63, 3.8) is 0 Å². The van der Waals surface area contributed by atoms with Gasteiger partial charge in [-0.2, -0.15) is 74.6 Å². The predicted octanol–water partition coefficient (Wildman–Crippen LogP) is 4.86. The van der Waals surface area contributed by atoms with Crippen LogP contribution in [-0.2, 0) is 14.8 Å². The summed E-state index contributed by atoms with van der Waals surface area (Å²) < 4.78 is 250. The van der Waals surface area contributed by atoms with Gasteiger partial charge in [-0.1, -0.05) is 0 Å². The summed E-state index contributed by atoms with van der Waals surface area (Å²) in [6.07, 6.45) is -11.4. The molecule has 0 saturated carbocycles. The smallest absolute Gasteiger partial charge is 0.460 e. The first-order chi connectivity index (χ1) is 17.6. The van der Waals surface area contributed by atoms with Gasteiger partial charge in [0, 0.05) is 6.42 Å². The van der Waals surface area contributed by atoms with E-state index in [0.717, 1.165) is 0 Å². The number of hydrogen-bond donors (Lipinski definition) is 2. The molecule has 0 aliphatic rings. The third-order valence-corrected chi connectivity index (χ3v) is 6.83.